The fourth-order valence-electron chi connectivity index (χ4n) is 1.09. The largest absolute Gasteiger partial charge is 0.493 e. The Labute approximate surface area is 81.4 Å². The van der Waals surface area contributed by atoms with Crippen molar-refractivity contribution >= 4 is 14.5 Å². The maximum atomic E-state index is 5.42. The second kappa shape index (κ2) is 5.08. The van der Waals surface area contributed by atoms with Gasteiger partial charge in [0.25, 0.3) is 0 Å². The van der Waals surface area contributed by atoms with Crippen LogP contribution in [0.3, 0.4) is 0 Å². The Kier molecular flexibility index (Phi) is 4.04. The van der Waals surface area contributed by atoms with Gasteiger partial charge in [-0.05, 0) is 26.0 Å². The van der Waals surface area contributed by atoms with Gasteiger partial charge in [0.2, 0.25) is 0 Å². The summed E-state index contributed by atoms with van der Waals surface area (Å²) in [7, 11) is 2.64. The molecule has 0 aromatic heterocycles. The molecule has 0 aliphatic heterocycles. The molecule has 72 valence electrons. The van der Waals surface area contributed by atoms with Crippen molar-refractivity contribution in [2.24, 2.45) is 0 Å². The maximum Gasteiger partial charge on any atom is 0.130 e. The van der Waals surface area contributed by atoms with Crippen LogP contribution in [0.25, 0.3) is 0 Å². The van der Waals surface area contributed by atoms with E-state index < -0.39 is 0 Å². The summed E-state index contributed by atoms with van der Waals surface area (Å²) in [5, 5.41) is 0.992. The van der Waals surface area contributed by atoms with Gasteiger partial charge in [-0.1, -0.05) is 15.3 Å². The number of hydrogen-bond acceptors (Lipinski definition) is 2. The molecule has 0 aliphatic carbocycles. The standard InChI is InChI=1S/C10H15O2P/c1-3-11-8-6-5-7-9(10(8)13)12-4-2/h5-7H,3-4,13H2,1-2H3. The van der Waals surface area contributed by atoms with Crippen LogP contribution < -0.4 is 14.8 Å². The molecule has 0 saturated heterocycles. The van der Waals surface area contributed by atoms with E-state index in [-0.39, 0.29) is 0 Å². The van der Waals surface area contributed by atoms with Crippen molar-refractivity contribution in [3.05, 3.63) is 18.2 Å². The molecule has 0 spiro atoms. The van der Waals surface area contributed by atoms with Crippen LogP contribution in [-0.2, 0) is 0 Å². The first-order valence-electron chi connectivity index (χ1n) is 4.43. The smallest absolute Gasteiger partial charge is 0.130 e. The van der Waals surface area contributed by atoms with Crippen molar-refractivity contribution in [1.29, 1.82) is 0 Å². The lowest BCUT2D eigenvalue weighted by molar-refractivity contribution is 0.328. The highest BCUT2D eigenvalue weighted by Crippen LogP contribution is 2.19. The highest BCUT2D eigenvalue weighted by atomic mass is 31.0. The summed E-state index contributed by atoms with van der Waals surface area (Å²) < 4.78 is 10.8. The molecule has 0 aliphatic rings. The lowest BCUT2D eigenvalue weighted by Gasteiger charge is -2.11. The van der Waals surface area contributed by atoms with Crippen LogP contribution >= 0.6 is 9.24 Å². The lowest BCUT2D eigenvalue weighted by atomic mass is 10.3. The highest BCUT2D eigenvalue weighted by molar-refractivity contribution is 7.28. The van der Waals surface area contributed by atoms with Gasteiger partial charge in [-0.3, -0.25) is 0 Å². The second-order valence-electron chi connectivity index (χ2n) is 2.53. The molecule has 2 nitrogen and oxygen atoms in total. The van der Waals surface area contributed by atoms with E-state index in [0.717, 1.165) is 16.8 Å². The molecule has 3 heteroatoms. The number of hydrogen-bond donors (Lipinski definition) is 0. The van der Waals surface area contributed by atoms with Gasteiger partial charge in [-0.15, -0.1) is 0 Å². The molecule has 1 aromatic rings. The van der Waals surface area contributed by atoms with Crippen LogP contribution in [0.5, 0.6) is 11.5 Å². The van der Waals surface area contributed by atoms with Crippen molar-refractivity contribution < 1.29 is 9.47 Å². The van der Waals surface area contributed by atoms with Crippen molar-refractivity contribution in [2.45, 2.75) is 13.8 Å². The first-order chi connectivity index (χ1) is 6.29. The fourth-order valence-corrected chi connectivity index (χ4v) is 1.45. The topological polar surface area (TPSA) is 18.5 Å². The molecule has 1 aromatic carbocycles. The summed E-state index contributed by atoms with van der Waals surface area (Å²) in [6.45, 7) is 5.29. The van der Waals surface area contributed by atoms with Crippen molar-refractivity contribution in [2.75, 3.05) is 13.2 Å². The Morgan fingerprint density at radius 3 is 1.92 bits per heavy atom. The molecule has 0 heterocycles. The normalized spacial score (nSPS) is 9.77. The highest BCUT2D eigenvalue weighted by Gasteiger charge is 2.04. The fraction of sp³-hybridized carbons (Fsp3) is 0.400. The van der Waals surface area contributed by atoms with Crippen LogP contribution in [0, 0.1) is 0 Å². The molecule has 1 rings (SSSR count). The van der Waals surface area contributed by atoms with Crippen LogP contribution in [-0.4, -0.2) is 13.2 Å². The van der Waals surface area contributed by atoms with E-state index in [1.54, 1.807) is 0 Å². The summed E-state index contributed by atoms with van der Waals surface area (Å²) in [5.41, 5.74) is 0. The van der Waals surface area contributed by atoms with E-state index in [4.69, 9.17) is 9.47 Å². The minimum atomic E-state index is 0.678. The van der Waals surface area contributed by atoms with Gasteiger partial charge >= 0.3 is 0 Å². The Morgan fingerprint density at radius 2 is 1.54 bits per heavy atom. The van der Waals surface area contributed by atoms with Gasteiger partial charge < -0.3 is 9.47 Å². The second-order valence-corrected chi connectivity index (χ2v) is 3.11. The molecule has 0 radical (unpaired) electrons. The van der Waals surface area contributed by atoms with Crippen molar-refractivity contribution in [3.8, 4) is 11.5 Å². The first kappa shape index (κ1) is 10.3. The minimum Gasteiger partial charge on any atom is -0.493 e. The summed E-state index contributed by atoms with van der Waals surface area (Å²) in [6, 6.07) is 5.81. The molecule has 0 saturated carbocycles. The molecule has 0 amide bonds. The third-order valence-corrected chi connectivity index (χ3v) is 2.19. The van der Waals surface area contributed by atoms with E-state index in [1.807, 2.05) is 32.0 Å². The zero-order valence-corrected chi connectivity index (χ0v) is 9.19. The minimum absolute atomic E-state index is 0.678. The molecule has 0 fully saturated rings. The Balaban J connectivity index is 2.89. The third kappa shape index (κ3) is 2.60. The van der Waals surface area contributed by atoms with Gasteiger partial charge in [0, 0.05) is 0 Å². The van der Waals surface area contributed by atoms with E-state index in [2.05, 4.69) is 9.24 Å². The molecule has 13 heavy (non-hydrogen) atoms. The molecule has 1 atom stereocenters. The van der Waals surface area contributed by atoms with Gasteiger partial charge in [-0.25, -0.2) is 0 Å². The molecule has 1 unspecified atom stereocenters. The average molecular weight is 198 g/mol. The summed E-state index contributed by atoms with van der Waals surface area (Å²) >= 11 is 0. The third-order valence-electron chi connectivity index (χ3n) is 1.63. The van der Waals surface area contributed by atoms with E-state index >= 15 is 0 Å². The zero-order chi connectivity index (χ0) is 9.68. The maximum absolute atomic E-state index is 5.42. The Morgan fingerprint density at radius 1 is 1.08 bits per heavy atom. The van der Waals surface area contributed by atoms with Gasteiger partial charge in [0.05, 0.1) is 18.5 Å². The zero-order valence-electron chi connectivity index (χ0n) is 8.04. The number of benzene rings is 1. The van der Waals surface area contributed by atoms with Gasteiger partial charge in [0.15, 0.2) is 0 Å². The van der Waals surface area contributed by atoms with E-state index in [1.165, 1.54) is 0 Å². The van der Waals surface area contributed by atoms with E-state index in [9.17, 15) is 0 Å². The predicted octanol–water partition coefficient (Wildman–Crippen LogP) is 1.98. The molecule has 0 N–H and O–H groups in total. The average Bonchev–Trinajstić information content (AvgIpc) is 2.13. The van der Waals surface area contributed by atoms with Gasteiger partial charge in [0.1, 0.15) is 11.5 Å². The monoisotopic (exact) mass is 198 g/mol. The SMILES string of the molecule is CCOc1cccc(OCC)c1P. The summed E-state index contributed by atoms with van der Waals surface area (Å²) in [6.07, 6.45) is 0. The first-order valence-corrected chi connectivity index (χ1v) is 5.01. The molecular formula is C10H15O2P. The Hall–Kier alpha value is -0.750. The quantitative estimate of drug-likeness (QED) is 0.689. The van der Waals surface area contributed by atoms with Crippen LogP contribution in [0.15, 0.2) is 18.2 Å². The van der Waals surface area contributed by atoms with Crippen LogP contribution in [0.1, 0.15) is 13.8 Å². The molecule has 0 bridgehead atoms. The lowest BCUT2D eigenvalue weighted by Crippen LogP contribution is -2.06. The summed E-state index contributed by atoms with van der Waals surface area (Å²) in [4.78, 5) is 0. The number of rotatable bonds is 4. The Bertz CT molecular complexity index is 249. The van der Waals surface area contributed by atoms with Gasteiger partial charge in [-0.2, -0.15) is 0 Å². The molecular weight excluding hydrogens is 183 g/mol. The number of ether oxygens (including phenoxy) is 2. The van der Waals surface area contributed by atoms with Crippen molar-refractivity contribution in [3.63, 3.8) is 0 Å². The van der Waals surface area contributed by atoms with Crippen LogP contribution in [0.2, 0.25) is 0 Å². The van der Waals surface area contributed by atoms with Crippen molar-refractivity contribution in [1.82, 2.24) is 0 Å². The predicted molar refractivity (Wildman–Crippen MR) is 58.1 cm³/mol. The van der Waals surface area contributed by atoms with E-state index in [0.29, 0.717) is 13.2 Å². The van der Waals surface area contributed by atoms with Crippen LogP contribution in [0.4, 0.5) is 0 Å². The summed E-state index contributed by atoms with van der Waals surface area (Å²) in [5.74, 6) is 1.75.